The Hall–Kier alpha value is -4.84. The zero-order chi connectivity index (χ0) is 46.9. The van der Waals surface area contributed by atoms with Gasteiger partial charge in [-0.3, -0.25) is 0 Å². The Morgan fingerprint density at radius 1 is 0.379 bits per heavy atom. The Balaban J connectivity index is 1.79. The van der Waals surface area contributed by atoms with E-state index in [0.717, 1.165) is 107 Å². The number of phenols is 2. The van der Waals surface area contributed by atoms with Crippen molar-refractivity contribution in [3.8, 4) is 23.0 Å². The monoisotopic (exact) mass is 901 g/mol. The number of benzene rings is 4. The summed E-state index contributed by atoms with van der Waals surface area (Å²) < 4.78 is 24.7. The van der Waals surface area contributed by atoms with Crippen LogP contribution in [0.2, 0.25) is 0 Å². The highest BCUT2D eigenvalue weighted by molar-refractivity contribution is 5.58. The van der Waals surface area contributed by atoms with Gasteiger partial charge in [0.05, 0.1) is 12.5 Å². The number of hydrogen-bond donors (Lipinski definition) is 2. The van der Waals surface area contributed by atoms with E-state index in [1.54, 1.807) is 0 Å². The maximum absolute atomic E-state index is 12.6. The molecular weight excluding hydrogens is 817 g/mol. The van der Waals surface area contributed by atoms with Crippen molar-refractivity contribution in [1.29, 1.82) is 0 Å². The summed E-state index contributed by atoms with van der Waals surface area (Å²) in [4.78, 5) is 0. The van der Waals surface area contributed by atoms with Crippen molar-refractivity contribution < 1.29 is 29.2 Å². The summed E-state index contributed by atoms with van der Waals surface area (Å²) in [6.45, 7) is 18.0. The molecule has 1 aliphatic rings. The van der Waals surface area contributed by atoms with E-state index in [4.69, 9.17) is 18.9 Å². The second-order valence-electron chi connectivity index (χ2n) is 18.7. The number of ether oxygens (including phenoxy) is 4. The molecular formula is C60H84O6. The minimum absolute atomic E-state index is 0.335. The minimum atomic E-state index is 0.335. The normalized spacial score (nSPS) is 12.2. The van der Waals surface area contributed by atoms with Crippen LogP contribution in [0.1, 0.15) is 197 Å². The van der Waals surface area contributed by atoms with Crippen molar-refractivity contribution in [2.45, 2.75) is 182 Å². The van der Waals surface area contributed by atoms with Gasteiger partial charge in [-0.1, -0.05) is 166 Å². The van der Waals surface area contributed by atoms with Gasteiger partial charge in [-0.2, -0.15) is 0 Å². The molecule has 0 fully saturated rings. The molecule has 6 nitrogen and oxygen atoms in total. The third kappa shape index (κ3) is 16.2. The Bertz CT molecular complexity index is 1850. The third-order valence-electron chi connectivity index (χ3n) is 13.2. The number of rotatable bonds is 30. The molecule has 5 rings (SSSR count). The molecule has 0 saturated heterocycles. The van der Waals surface area contributed by atoms with Gasteiger partial charge in [-0.05, 0) is 118 Å². The zero-order valence-corrected chi connectivity index (χ0v) is 41.5. The van der Waals surface area contributed by atoms with Crippen LogP contribution in [-0.2, 0) is 60.8 Å². The summed E-state index contributed by atoms with van der Waals surface area (Å²) in [5.74, 6) is 2.29. The average Bonchev–Trinajstić information content (AvgIpc) is 3.31. The first kappa shape index (κ1) is 52.1. The second-order valence-corrected chi connectivity index (χ2v) is 18.7. The SMILES string of the molecule is C=COCCOc1c2cc(CCCCCC)cc1Cc1cc(CCCCCC)cc(c1O)Cc1cc(CCCCCC)cc(c1OCCOC=C)Cc1cc(CCCCCC)cc(c1O)C2. The Morgan fingerprint density at radius 3 is 0.879 bits per heavy atom. The van der Waals surface area contributed by atoms with Gasteiger partial charge in [0, 0.05) is 25.7 Å². The van der Waals surface area contributed by atoms with Gasteiger partial charge in [-0.15, -0.1) is 0 Å². The van der Waals surface area contributed by atoms with Gasteiger partial charge in [0.2, 0.25) is 0 Å². The van der Waals surface area contributed by atoms with Crippen molar-refractivity contribution in [3.63, 3.8) is 0 Å². The van der Waals surface area contributed by atoms with Crippen LogP contribution in [-0.4, -0.2) is 36.6 Å². The van der Waals surface area contributed by atoms with Gasteiger partial charge in [-0.25, -0.2) is 0 Å². The predicted octanol–water partition coefficient (Wildman–Crippen LogP) is 15.3. The highest BCUT2D eigenvalue weighted by atomic mass is 16.5. The van der Waals surface area contributed by atoms with Gasteiger partial charge < -0.3 is 29.2 Å². The molecule has 4 aromatic carbocycles. The van der Waals surface area contributed by atoms with E-state index in [0.29, 0.717) is 63.6 Å². The molecule has 6 heteroatoms. The fourth-order valence-corrected chi connectivity index (χ4v) is 9.72. The van der Waals surface area contributed by atoms with Gasteiger partial charge in [0.15, 0.2) is 0 Å². The molecule has 0 amide bonds. The predicted molar refractivity (Wildman–Crippen MR) is 275 cm³/mol. The summed E-state index contributed by atoms with van der Waals surface area (Å²) in [5, 5.41) is 25.1. The van der Waals surface area contributed by atoms with Crippen LogP contribution in [0.25, 0.3) is 0 Å². The molecule has 0 heterocycles. The molecule has 0 aromatic heterocycles. The highest BCUT2D eigenvalue weighted by Crippen LogP contribution is 2.41. The summed E-state index contributed by atoms with van der Waals surface area (Å²) >= 11 is 0. The van der Waals surface area contributed by atoms with Crippen LogP contribution in [0, 0.1) is 0 Å². The first-order valence-electron chi connectivity index (χ1n) is 26.0. The van der Waals surface area contributed by atoms with Crippen molar-refractivity contribution in [3.05, 3.63) is 141 Å². The smallest absolute Gasteiger partial charge is 0.126 e. The molecule has 0 unspecified atom stereocenters. The largest absolute Gasteiger partial charge is 0.507 e. The fraction of sp³-hybridized carbons (Fsp3) is 0.533. The fourth-order valence-electron chi connectivity index (χ4n) is 9.72. The van der Waals surface area contributed by atoms with Crippen LogP contribution in [0.4, 0.5) is 0 Å². The Kier molecular flexibility index (Phi) is 22.9. The lowest BCUT2D eigenvalue weighted by Crippen LogP contribution is -2.11. The molecule has 2 N–H and O–H groups in total. The van der Waals surface area contributed by atoms with Crippen molar-refractivity contribution >= 4 is 0 Å². The van der Waals surface area contributed by atoms with Crippen LogP contribution in [0.3, 0.4) is 0 Å². The van der Waals surface area contributed by atoms with Crippen LogP contribution >= 0.6 is 0 Å². The summed E-state index contributed by atoms with van der Waals surface area (Å²) in [5.41, 5.74) is 12.8. The van der Waals surface area contributed by atoms with E-state index in [-0.39, 0.29) is 0 Å². The molecule has 66 heavy (non-hydrogen) atoms. The molecule has 8 bridgehead atoms. The lowest BCUT2D eigenvalue weighted by molar-refractivity contribution is 0.178. The second kappa shape index (κ2) is 29.0. The number of fused-ring (bicyclic) bond motifs is 8. The molecule has 0 radical (unpaired) electrons. The van der Waals surface area contributed by atoms with E-state index in [1.165, 1.54) is 112 Å². The number of phenolic OH excluding ortho intramolecular Hbond substituents is 2. The summed E-state index contributed by atoms with van der Waals surface area (Å²) in [6.07, 6.45) is 27.5. The number of hydrogen-bond acceptors (Lipinski definition) is 6. The molecule has 4 aromatic rings. The number of unbranched alkanes of at least 4 members (excludes halogenated alkanes) is 12. The molecule has 360 valence electrons. The van der Waals surface area contributed by atoms with Crippen LogP contribution in [0.15, 0.2) is 74.2 Å². The molecule has 0 aliphatic heterocycles. The van der Waals surface area contributed by atoms with E-state index in [1.807, 2.05) is 0 Å². The minimum Gasteiger partial charge on any atom is -0.507 e. The standard InChI is InChI=1S/C60H84O6/c1-7-13-17-21-25-45-33-49-41-53-37-47(27-23-19-15-9-3)39-55(59(53)65-31-29-63-11-5)43-51-35-46(26-22-18-14-8-2)36-52(58(51)62)44-56-40-48(28-24-20-16-10-4)38-54(42-50(34-45)57(49)61)60(56)66-32-30-64-12-6/h11-12,33-40,61-62H,5-10,13-32,41-44H2,1-4H3. The first-order chi connectivity index (χ1) is 32.3. The molecule has 1 aliphatic carbocycles. The van der Waals surface area contributed by atoms with E-state index in [2.05, 4.69) is 89.4 Å². The van der Waals surface area contributed by atoms with E-state index >= 15 is 0 Å². The summed E-state index contributed by atoms with van der Waals surface area (Å²) in [6, 6.07) is 18.2. The van der Waals surface area contributed by atoms with E-state index < -0.39 is 0 Å². The Morgan fingerprint density at radius 2 is 0.636 bits per heavy atom. The molecule has 0 saturated carbocycles. The lowest BCUT2D eigenvalue weighted by Gasteiger charge is -2.23. The third-order valence-corrected chi connectivity index (χ3v) is 13.2. The topological polar surface area (TPSA) is 77.4 Å². The van der Waals surface area contributed by atoms with Crippen molar-refractivity contribution in [1.82, 2.24) is 0 Å². The average molecular weight is 901 g/mol. The van der Waals surface area contributed by atoms with Crippen LogP contribution in [0.5, 0.6) is 23.0 Å². The van der Waals surface area contributed by atoms with Crippen LogP contribution < -0.4 is 9.47 Å². The lowest BCUT2D eigenvalue weighted by atomic mass is 9.87. The maximum atomic E-state index is 12.6. The Labute approximate surface area is 399 Å². The van der Waals surface area contributed by atoms with Gasteiger partial charge >= 0.3 is 0 Å². The van der Waals surface area contributed by atoms with Crippen molar-refractivity contribution in [2.24, 2.45) is 0 Å². The molecule has 0 atom stereocenters. The highest BCUT2D eigenvalue weighted by Gasteiger charge is 2.23. The zero-order valence-electron chi connectivity index (χ0n) is 41.5. The van der Waals surface area contributed by atoms with E-state index in [9.17, 15) is 10.2 Å². The number of aryl methyl sites for hydroxylation is 4. The van der Waals surface area contributed by atoms with Gasteiger partial charge in [0.25, 0.3) is 0 Å². The maximum Gasteiger partial charge on any atom is 0.126 e. The van der Waals surface area contributed by atoms with Crippen molar-refractivity contribution in [2.75, 3.05) is 26.4 Å². The van der Waals surface area contributed by atoms with Gasteiger partial charge in [0.1, 0.15) is 49.4 Å². The first-order valence-corrected chi connectivity index (χ1v) is 26.0. The summed E-state index contributed by atoms with van der Waals surface area (Å²) in [7, 11) is 0. The number of aromatic hydroxyl groups is 2. The quantitative estimate of drug-likeness (QED) is 0.0353. The molecule has 0 spiro atoms.